The predicted octanol–water partition coefficient (Wildman–Crippen LogP) is 6.40. The molecule has 0 spiro atoms. The lowest BCUT2D eigenvalue weighted by Crippen LogP contribution is -1.99. The van der Waals surface area contributed by atoms with Gasteiger partial charge in [-0.3, -0.25) is 4.79 Å². The number of nitriles is 1. The molecule has 0 atom stereocenters. The van der Waals surface area contributed by atoms with E-state index in [0.29, 0.717) is 28.4 Å². The molecule has 0 fully saturated rings. The van der Waals surface area contributed by atoms with E-state index < -0.39 is 6.43 Å². The van der Waals surface area contributed by atoms with Gasteiger partial charge in [-0.1, -0.05) is 12.1 Å². The number of ether oxygens (including phenoxy) is 2. The van der Waals surface area contributed by atoms with Crippen LogP contribution in [0.15, 0.2) is 59.6 Å². The molecule has 0 unspecified atom stereocenters. The quantitative estimate of drug-likeness (QED) is 0.200. The van der Waals surface area contributed by atoms with Crippen LogP contribution in [0.3, 0.4) is 0 Å². The standard InChI is InChI=1S/C26H22F2N2O3S/c1-16-12-22(25(27)28)30-26(21(16)14-29)34-15-19-13-17(5-11-24(19)33-3)4-10-23(31)18-6-8-20(32-2)9-7-18/h4-13,25H,15H2,1-3H3/b10-4+. The summed E-state index contributed by atoms with van der Waals surface area (Å²) < 4.78 is 36.9. The molecule has 2 aromatic carbocycles. The molecule has 174 valence electrons. The van der Waals surface area contributed by atoms with Gasteiger partial charge in [0.1, 0.15) is 28.3 Å². The molecule has 1 aromatic heterocycles. The molecular formula is C26H22F2N2O3S. The highest BCUT2D eigenvalue weighted by atomic mass is 32.2. The summed E-state index contributed by atoms with van der Waals surface area (Å²) in [5.41, 5.74) is 2.44. The first-order chi connectivity index (χ1) is 16.4. The van der Waals surface area contributed by atoms with Gasteiger partial charge in [0.2, 0.25) is 0 Å². The Hall–Kier alpha value is -3.70. The largest absolute Gasteiger partial charge is 0.497 e. The van der Waals surface area contributed by atoms with Crippen LogP contribution in [0.5, 0.6) is 11.5 Å². The second-order valence-electron chi connectivity index (χ2n) is 7.24. The molecule has 0 saturated carbocycles. The SMILES string of the molecule is COc1ccc(C(=O)/C=C/c2ccc(OC)c(CSc3nc(C(F)F)cc(C)c3C#N)c2)cc1. The average Bonchev–Trinajstić information content (AvgIpc) is 2.85. The lowest BCUT2D eigenvalue weighted by atomic mass is 10.1. The number of hydrogen-bond donors (Lipinski definition) is 0. The van der Waals surface area contributed by atoms with Crippen LogP contribution in [0, 0.1) is 18.3 Å². The molecule has 0 radical (unpaired) electrons. The number of rotatable bonds is 9. The molecule has 5 nitrogen and oxygen atoms in total. The highest BCUT2D eigenvalue weighted by molar-refractivity contribution is 7.98. The summed E-state index contributed by atoms with van der Waals surface area (Å²) in [6, 6.07) is 15.5. The van der Waals surface area contributed by atoms with E-state index in [4.69, 9.17) is 9.47 Å². The molecule has 0 aliphatic carbocycles. The highest BCUT2D eigenvalue weighted by Gasteiger charge is 2.17. The maximum absolute atomic E-state index is 13.2. The summed E-state index contributed by atoms with van der Waals surface area (Å²) in [6.45, 7) is 1.61. The maximum atomic E-state index is 13.2. The Labute approximate surface area is 201 Å². The van der Waals surface area contributed by atoms with Crippen molar-refractivity contribution in [2.75, 3.05) is 14.2 Å². The molecule has 0 N–H and O–H groups in total. The highest BCUT2D eigenvalue weighted by Crippen LogP contribution is 2.32. The number of methoxy groups -OCH3 is 2. The van der Waals surface area contributed by atoms with E-state index in [1.165, 1.54) is 31.0 Å². The second kappa shape index (κ2) is 11.4. The second-order valence-corrected chi connectivity index (χ2v) is 8.21. The van der Waals surface area contributed by atoms with Crippen LogP contribution in [-0.2, 0) is 5.75 Å². The average molecular weight is 481 g/mol. The fraction of sp³-hybridized carbons (Fsp3) is 0.192. The van der Waals surface area contributed by atoms with Crippen molar-refractivity contribution in [1.82, 2.24) is 4.98 Å². The zero-order valence-corrected chi connectivity index (χ0v) is 19.7. The normalized spacial score (nSPS) is 11.0. The number of halogens is 2. The Morgan fingerprint density at radius 1 is 1.15 bits per heavy atom. The zero-order valence-electron chi connectivity index (χ0n) is 18.8. The van der Waals surface area contributed by atoms with Gasteiger partial charge in [-0.05, 0) is 66.6 Å². The number of carbonyl (C=O) groups is 1. The number of aryl methyl sites for hydroxylation is 1. The van der Waals surface area contributed by atoms with Gasteiger partial charge in [0.05, 0.1) is 19.8 Å². The van der Waals surface area contributed by atoms with Crippen LogP contribution in [0.25, 0.3) is 6.08 Å². The molecule has 0 amide bonds. The fourth-order valence-electron chi connectivity index (χ4n) is 3.20. The van der Waals surface area contributed by atoms with Crippen molar-refractivity contribution in [3.63, 3.8) is 0 Å². The van der Waals surface area contributed by atoms with Crippen LogP contribution >= 0.6 is 11.8 Å². The third-order valence-corrected chi connectivity index (χ3v) is 6.03. The van der Waals surface area contributed by atoms with Crippen molar-refractivity contribution in [1.29, 1.82) is 5.26 Å². The fourth-order valence-corrected chi connectivity index (χ4v) is 4.24. The first kappa shape index (κ1) is 24.9. The van der Waals surface area contributed by atoms with Crippen molar-refractivity contribution >= 4 is 23.6 Å². The van der Waals surface area contributed by atoms with Crippen molar-refractivity contribution in [3.8, 4) is 17.6 Å². The number of carbonyl (C=O) groups excluding carboxylic acids is 1. The summed E-state index contributed by atoms with van der Waals surface area (Å²) in [7, 11) is 3.09. The summed E-state index contributed by atoms with van der Waals surface area (Å²) >= 11 is 1.18. The Kier molecular flexibility index (Phi) is 8.39. The molecule has 3 rings (SSSR count). The summed E-state index contributed by atoms with van der Waals surface area (Å²) in [6.07, 6.45) is 0.448. The summed E-state index contributed by atoms with van der Waals surface area (Å²) in [4.78, 5) is 16.5. The van der Waals surface area contributed by atoms with Gasteiger partial charge in [0.25, 0.3) is 6.43 Å². The summed E-state index contributed by atoms with van der Waals surface area (Å²) in [5.74, 6) is 1.45. The lowest BCUT2D eigenvalue weighted by Gasteiger charge is -2.12. The Morgan fingerprint density at radius 3 is 2.50 bits per heavy atom. The van der Waals surface area contributed by atoms with Gasteiger partial charge in [-0.25, -0.2) is 13.8 Å². The number of alkyl halides is 2. The number of aromatic nitrogens is 1. The van der Waals surface area contributed by atoms with Crippen molar-refractivity contribution in [3.05, 3.63) is 88.1 Å². The van der Waals surface area contributed by atoms with E-state index in [1.54, 1.807) is 50.4 Å². The molecular weight excluding hydrogens is 458 g/mol. The Bertz CT molecular complexity index is 1250. The lowest BCUT2D eigenvalue weighted by molar-refractivity contribution is 0.104. The van der Waals surface area contributed by atoms with Gasteiger partial charge in [0, 0.05) is 16.9 Å². The van der Waals surface area contributed by atoms with E-state index in [1.807, 2.05) is 18.2 Å². The zero-order chi connectivity index (χ0) is 24.7. The number of thioether (sulfide) groups is 1. The van der Waals surface area contributed by atoms with E-state index in [0.717, 1.165) is 11.1 Å². The molecule has 0 aliphatic heterocycles. The van der Waals surface area contributed by atoms with Crippen LogP contribution in [-0.4, -0.2) is 25.0 Å². The molecule has 0 saturated heterocycles. The first-order valence-corrected chi connectivity index (χ1v) is 11.2. The minimum atomic E-state index is -2.72. The van der Waals surface area contributed by atoms with Crippen molar-refractivity contribution in [2.24, 2.45) is 0 Å². The van der Waals surface area contributed by atoms with Gasteiger partial charge >= 0.3 is 0 Å². The third-order valence-electron chi connectivity index (χ3n) is 5.01. The number of benzene rings is 2. The van der Waals surface area contributed by atoms with Gasteiger partial charge in [-0.2, -0.15) is 5.26 Å². The van der Waals surface area contributed by atoms with Crippen molar-refractivity contribution < 1.29 is 23.0 Å². The van der Waals surface area contributed by atoms with E-state index in [2.05, 4.69) is 4.98 Å². The molecule has 1 heterocycles. The van der Waals surface area contributed by atoms with Crippen LogP contribution in [0.1, 0.15) is 44.7 Å². The molecule has 8 heteroatoms. The van der Waals surface area contributed by atoms with Gasteiger partial charge in [0.15, 0.2) is 5.78 Å². The van der Waals surface area contributed by atoms with Gasteiger partial charge in [-0.15, -0.1) is 11.8 Å². The first-order valence-electron chi connectivity index (χ1n) is 10.2. The van der Waals surface area contributed by atoms with Crippen LogP contribution < -0.4 is 9.47 Å². The number of allylic oxidation sites excluding steroid dienone is 1. The molecule has 3 aromatic rings. The van der Waals surface area contributed by atoms with Crippen LogP contribution in [0.2, 0.25) is 0 Å². The van der Waals surface area contributed by atoms with Crippen LogP contribution in [0.4, 0.5) is 8.78 Å². The summed E-state index contributed by atoms with van der Waals surface area (Å²) in [5, 5.41) is 9.70. The number of pyridine rings is 1. The van der Waals surface area contributed by atoms with E-state index in [9.17, 15) is 18.8 Å². The molecule has 34 heavy (non-hydrogen) atoms. The Morgan fingerprint density at radius 2 is 1.88 bits per heavy atom. The number of ketones is 1. The topological polar surface area (TPSA) is 72.2 Å². The number of nitrogens with zero attached hydrogens (tertiary/aromatic N) is 2. The van der Waals surface area contributed by atoms with Crippen molar-refractivity contribution in [2.45, 2.75) is 24.1 Å². The third kappa shape index (κ3) is 6.00. The molecule has 0 aliphatic rings. The Balaban J connectivity index is 1.81. The number of hydrogen-bond acceptors (Lipinski definition) is 6. The monoisotopic (exact) mass is 480 g/mol. The van der Waals surface area contributed by atoms with Gasteiger partial charge < -0.3 is 9.47 Å². The van der Waals surface area contributed by atoms with E-state index in [-0.39, 0.29) is 22.1 Å². The van der Waals surface area contributed by atoms with E-state index >= 15 is 0 Å². The molecule has 0 bridgehead atoms. The minimum absolute atomic E-state index is 0.156. The smallest absolute Gasteiger partial charge is 0.280 e. The minimum Gasteiger partial charge on any atom is -0.497 e. The predicted molar refractivity (Wildman–Crippen MR) is 128 cm³/mol. The maximum Gasteiger partial charge on any atom is 0.280 e.